The van der Waals surface area contributed by atoms with Crippen molar-refractivity contribution >= 4 is 17.9 Å². The summed E-state index contributed by atoms with van der Waals surface area (Å²) in [6.07, 6.45) is 0.371. The van der Waals surface area contributed by atoms with Gasteiger partial charge in [-0.05, 0) is 24.1 Å². The molecule has 0 atom stereocenters. The molecule has 0 aromatic heterocycles. The van der Waals surface area contributed by atoms with Crippen LogP contribution in [0, 0.1) is 0 Å². The minimum absolute atomic E-state index is 0.0302. The predicted molar refractivity (Wildman–Crippen MR) is 83.1 cm³/mol. The van der Waals surface area contributed by atoms with Crippen molar-refractivity contribution in [2.24, 2.45) is 5.73 Å². The van der Waals surface area contributed by atoms with Crippen LogP contribution in [0.25, 0.3) is 0 Å². The normalized spacial score (nSPS) is 9.79. The maximum Gasteiger partial charge on any atom is 0.318 e. The first kappa shape index (κ1) is 19.1. The molecule has 0 aliphatic heterocycles. The first-order chi connectivity index (χ1) is 11.4. The molecule has 0 aliphatic carbocycles. The molecule has 1 aromatic carbocycles. The Labute approximate surface area is 139 Å². The van der Waals surface area contributed by atoms with E-state index in [1.54, 1.807) is 17.4 Å². The van der Waals surface area contributed by atoms with Crippen molar-refractivity contribution in [2.45, 2.75) is 12.8 Å². The summed E-state index contributed by atoms with van der Waals surface area (Å²) < 4.78 is 20.4. The summed E-state index contributed by atoms with van der Waals surface area (Å²) in [4.78, 5) is 33.2. The van der Waals surface area contributed by atoms with Crippen LogP contribution in [0.5, 0.6) is 17.2 Å². The number of nitrogens with one attached hydrogen (secondary N) is 1. The number of amides is 3. The number of hydrogen-bond donors (Lipinski definition) is 2. The average Bonchev–Trinajstić information content (AvgIpc) is 2.56. The van der Waals surface area contributed by atoms with Gasteiger partial charge in [-0.15, -0.1) is 0 Å². The molecule has 0 saturated carbocycles. The topological polar surface area (TPSA) is 126 Å². The predicted octanol–water partition coefficient (Wildman–Crippen LogP) is 0.383. The highest BCUT2D eigenvalue weighted by molar-refractivity contribution is 5.94. The standard InChI is InChI=1S/C15H20N2O7/c1-21-10-6-9(7-11(22-2)14(10)23-3)4-5-13(19)24-8-12(18)17-15(16)20/h6-7H,4-5,8H2,1-3H3,(H3,16,17,18,20). The number of benzene rings is 1. The lowest BCUT2D eigenvalue weighted by Gasteiger charge is -2.14. The Morgan fingerprint density at radius 1 is 1.04 bits per heavy atom. The number of carbonyl (C=O) groups excluding carboxylic acids is 3. The van der Waals surface area contributed by atoms with Gasteiger partial charge in [-0.3, -0.25) is 14.9 Å². The Bertz CT molecular complexity index is 591. The van der Waals surface area contributed by atoms with E-state index >= 15 is 0 Å². The number of hydrogen-bond acceptors (Lipinski definition) is 7. The zero-order valence-corrected chi connectivity index (χ0v) is 13.7. The largest absolute Gasteiger partial charge is 0.493 e. The molecule has 0 saturated heterocycles. The Morgan fingerprint density at radius 2 is 1.62 bits per heavy atom. The molecule has 9 nitrogen and oxygen atoms in total. The number of methoxy groups -OCH3 is 3. The summed E-state index contributed by atoms with van der Waals surface area (Å²) in [5.74, 6) is 0.0172. The molecule has 1 aromatic rings. The zero-order chi connectivity index (χ0) is 18.1. The van der Waals surface area contributed by atoms with Gasteiger partial charge in [-0.25, -0.2) is 4.79 Å². The lowest BCUT2D eigenvalue weighted by atomic mass is 10.1. The van der Waals surface area contributed by atoms with Crippen LogP contribution in [0.2, 0.25) is 0 Å². The molecule has 0 aliphatic rings. The van der Waals surface area contributed by atoms with Crippen LogP contribution in [0.4, 0.5) is 4.79 Å². The van der Waals surface area contributed by atoms with Crippen molar-refractivity contribution in [1.82, 2.24) is 5.32 Å². The Morgan fingerprint density at radius 3 is 2.08 bits per heavy atom. The smallest absolute Gasteiger partial charge is 0.318 e. The summed E-state index contributed by atoms with van der Waals surface area (Å²) in [7, 11) is 4.48. The maximum absolute atomic E-state index is 11.6. The van der Waals surface area contributed by atoms with Crippen molar-refractivity contribution in [3.8, 4) is 17.2 Å². The van der Waals surface area contributed by atoms with Crippen molar-refractivity contribution in [3.63, 3.8) is 0 Å². The number of esters is 1. The Kier molecular flexibility index (Phi) is 7.34. The van der Waals surface area contributed by atoms with Gasteiger partial charge in [-0.1, -0.05) is 0 Å². The highest BCUT2D eigenvalue weighted by atomic mass is 16.5. The third kappa shape index (κ3) is 5.67. The number of urea groups is 1. The lowest BCUT2D eigenvalue weighted by molar-refractivity contribution is -0.148. The maximum atomic E-state index is 11.6. The van der Waals surface area contributed by atoms with E-state index in [4.69, 9.17) is 24.7 Å². The Hall–Kier alpha value is -2.97. The SMILES string of the molecule is COc1cc(CCC(=O)OCC(=O)NC(N)=O)cc(OC)c1OC. The van der Waals surface area contributed by atoms with Crippen molar-refractivity contribution in [3.05, 3.63) is 17.7 Å². The summed E-state index contributed by atoms with van der Waals surface area (Å²) in [6, 6.07) is 2.43. The number of primary amides is 1. The highest BCUT2D eigenvalue weighted by Gasteiger charge is 2.14. The molecule has 0 bridgehead atoms. The third-order valence-corrected chi connectivity index (χ3v) is 2.97. The second-order valence-corrected chi connectivity index (χ2v) is 4.61. The average molecular weight is 340 g/mol. The van der Waals surface area contributed by atoms with Gasteiger partial charge in [0.25, 0.3) is 5.91 Å². The fourth-order valence-corrected chi connectivity index (χ4v) is 1.92. The summed E-state index contributed by atoms with van der Waals surface area (Å²) >= 11 is 0. The monoisotopic (exact) mass is 340 g/mol. The zero-order valence-electron chi connectivity index (χ0n) is 13.7. The second-order valence-electron chi connectivity index (χ2n) is 4.61. The Balaban J connectivity index is 2.62. The first-order valence-electron chi connectivity index (χ1n) is 6.95. The molecule has 3 N–H and O–H groups in total. The molecule has 0 fully saturated rings. The molecule has 0 radical (unpaired) electrons. The van der Waals surface area contributed by atoms with Gasteiger partial charge in [-0.2, -0.15) is 0 Å². The molecule has 1 rings (SSSR count). The van der Waals surface area contributed by atoms with Gasteiger partial charge in [0.2, 0.25) is 5.75 Å². The van der Waals surface area contributed by atoms with Gasteiger partial charge >= 0.3 is 12.0 Å². The third-order valence-electron chi connectivity index (χ3n) is 2.97. The van der Waals surface area contributed by atoms with Gasteiger partial charge < -0.3 is 24.7 Å². The van der Waals surface area contributed by atoms with Crippen molar-refractivity contribution in [2.75, 3.05) is 27.9 Å². The molecule has 9 heteroatoms. The van der Waals surface area contributed by atoms with E-state index in [0.717, 1.165) is 5.56 Å². The number of rotatable bonds is 8. The molecule has 0 heterocycles. The molecule has 3 amide bonds. The van der Waals surface area contributed by atoms with Gasteiger partial charge in [0.05, 0.1) is 21.3 Å². The molecule has 0 unspecified atom stereocenters. The minimum atomic E-state index is -1.01. The number of ether oxygens (including phenoxy) is 4. The fraction of sp³-hybridized carbons (Fsp3) is 0.400. The number of imide groups is 1. The minimum Gasteiger partial charge on any atom is -0.493 e. The molecule has 132 valence electrons. The van der Waals surface area contributed by atoms with E-state index in [-0.39, 0.29) is 6.42 Å². The van der Waals surface area contributed by atoms with Crippen LogP contribution in [0.3, 0.4) is 0 Å². The van der Waals surface area contributed by atoms with Crippen LogP contribution in [0.1, 0.15) is 12.0 Å². The summed E-state index contributed by atoms with van der Waals surface area (Å²) in [6.45, 7) is -0.572. The quantitative estimate of drug-likeness (QED) is 0.655. The van der Waals surface area contributed by atoms with Crippen LogP contribution < -0.4 is 25.3 Å². The van der Waals surface area contributed by atoms with E-state index in [0.29, 0.717) is 23.7 Å². The van der Waals surface area contributed by atoms with Gasteiger partial charge in [0.1, 0.15) is 0 Å². The number of aryl methyl sites for hydroxylation is 1. The highest BCUT2D eigenvalue weighted by Crippen LogP contribution is 2.38. The van der Waals surface area contributed by atoms with E-state index < -0.39 is 24.5 Å². The van der Waals surface area contributed by atoms with Crippen LogP contribution in [-0.2, 0) is 20.7 Å². The second kappa shape index (κ2) is 9.23. The van der Waals surface area contributed by atoms with E-state index in [1.165, 1.54) is 21.3 Å². The summed E-state index contributed by atoms with van der Waals surface area (Å²) in [5, 5.41) is 1.79. The summed E-state index contributed by atoms with van der Waals surface area (Å²) in [5.41, 5.74) is 5.53. The van der Waals surface area contributed by atoms with Gasteiger partial charge in [0, 0.05) is 6.42 Å². The van der Waals surface area contributed by atoms with E-state index in [1.807, 2.05) is 0 Å². The van der Waals surface area contributed by atoms with Crippen LogP contribution in [-0.4, -0.2) is 45.8 Å². The van der Waals surface area contributed by atoms with Crippen LogP contribution >= 0.6 is 0 Å². The lowest BCUT2D eigenvalue weighted by Crippen LogP contribution is -2.37. The molecule has 24 heavy (non-hydrogen) atoms. The molecular weight excluding hydrogens is 320 g/mol. The molecular formula is C15H20N2O7. The van der Waals surface area contributed by atoms with Crippen molar-refractivity contribution in [1.29, 1.82) is 0 Å². The fourth-order valence-electron chi connectivity index (χ4n) is 1.92. The number of nitrogens with two attached hydrogens (primary N) is 1. The first-order valence-corrected chi connectivity index (χ1v) is 6.95. The van der Waals surface area contributed by atoms with E-state index in [2.05, 4.69) is 0 Å². The van der Waals surface area contributed by atoms with Crippen LogP contribution in [0.15, 0.2) is 12.1 Å². The number of carbonyl (C=O) groups is 3. The molecule has 0 spiro atoms. The van der Waals surface area contributed by atoms with Gasteiger partial charge in [0.15, 0.2) is 18.1 Å². The van der Waals surface area contributed by atoms with Crippen molar-refractivity contribution < 1.29 is 33.3 Å². The van der Waals surface area contributed by atoms with E-state index in [9.17, 15) is 14.4 Å².